The molecule has 0 spiro atoms. The Hall–Kier alpha value is -1.50. The predicted molar refractivity (Wildman–Crippen MR) is 77.8 cm³/mol. The zero-order valence-corrected chi connectivity index (χ0v) is 12.6. The molecule has 1 heterocycles. The number of fused-ring (bicyclic) bond motifs is 1. The van der Waals surface area contributed by atoms with Gasteiger partial charge in [-0.25, -0.2) is 4.98 Å². The second-order valence-electron chi connectivity index (χ2n) is 4.98. The average molecular weight is 316 g/mol. The van der Waals surface area contributed by atoms with E-state index in [0.717, 1.165) is 6.92 Å². The molecule has 7 heteroatoms. The highest BCUT2D eigenvalue weighted by molar-refractivity contribution is 7.99. The lowest BCUT2D eigenvalue weighted by Gasteiger charge is -2.20. The van der Waals surface area contributed by atoms with Gasteiger partial charge in [-0.05, 0) is 32.9 Å². The Kier molecular flexibility index (Phi) is 4.32. The van der Waals surface area contributed by atoms with E-state index in [1.807, 2.05) is 0 Å². The fourth-order valence-electron chi connectivity index (χ4n) is 1.89. The summed E-state index contributed by atoms with van der Waals surface area (Å²) in [5, 5.41) is -1.12. The van der Waals surface area contributed by atoms with Crippen molar-refractivity contribution in [2.24, 2.45) is 0 Å². The quantitative estimate of drug-likeness (QED) is 0.633. The molecule has 1 aromatic heterocycles. The number of halogens is 3. The number of para-hydroxylation sites is 1. The maximum atomic E-state index is 12.7. The fraction of sp³-hybridized carbons (Fsp3) is 0.429. The molecule has 0 aliphatic rings. The lowest BCUT2D eigenvalue weighted by Crippen LogP contribution is -2.28. The van der Waals surface area contributed by atoms with Crippen LogP contribution < -0.4 is 5.56 Å². The van der Waals surface area contributed by atoms with Crippen LogP contribution in [0.5, 0.6) is 0 Å². The molecule has 1 atom stereocenters. The average Bonchev–Trinajstić information content (AvgIpc) is 2.37. The van der Waals surface area contributed by atoms with Crippen LogP contribution in [-0.2, 0) is 0 Å². The lowest BCUT2D eigenvalue weighted by atomic mass is 10.2. The highest BCUT2D eigenvalue weighted by Gasteiger charge is 2.37. The second-order valence-corrected chi connectivity index (χ2v) is 6.29. The number of hydrogen-bond donors (Lipinski definition) is 0. The third kappa shape index (κ3) is 3.23. The third-order valence-electron chi connectivity index (χ3n) is 3.03. The van der Waals surface area contributed by atoms with Crippen molar-refractivity contribution in [1.29, 1.82) is 0 Å². The molecule has 3 nitrogen and oxygen atoms in total. The van der Waals surface area contributed by atoms with Crippen LogP contribution in [0.25, 0.3) is 10.9 Å². The molecule has 114 valence electrons. The molecule has 0 saturated heterocycles. The molecule has 0 saturated carbocycles. The molecule has 0 bridgehead atoms. The number of aromatic nitrogens is 2. The van der Waals surface area contributed by atoms with Crippen LogP contribution in [0, 0.1) is 0 Å². The van der Waals surface area contributed by atoms with Crippen molar-refractivity contribution in [2.45, 2.75) is 43.4 Å². The molecule has 0 unspecified atom stereocenters. The molecule has 0 N–H and O–H groups in total. The number of alkyl halides is 3. The molecule has 1 aromatic carbocycles. The summed E-state index contributed by atoms with van der Waals surface area (Å²) in [5.74, 6) is 0. The van der Waals surface area contributed by atoms with Gasteiger partial charge in [0.05, 0.1) is 10.9 Å². The van der Waals surface area contributed by atoms with Crippen molar-refractivity contribution >= 4 is 22.7 Å². The summed E-state index contributed by atoms with van der Waals surface area (Å²) in [6.07, 6.45) is -4.34. The molecule has 0 radical (unpaired) electrons. The number of rotatable bonds is 3. The highest BCUT2D eigenvalue weighted by Crippen LogP contribution is 2.34. The van der Waals surface area contributed by atoms with E-state index in [1.54, 1.807) is 38.1 Å². The van der Waals surface area contributed by atoms with Gasteiger partial charge in [-0.2, -0.15) is 13.2 Å². The monoisotopic (exact) mass is 316 g/mol. The summed E-state index contributed by atoms with van der Waals surface area (Å²) in [5.41, 5.74) is 0.101. The molecule has 0 aliphatic carbocycles. The zero-order valence-electron chi connectivity index (χ0n) is 11.8. The van der Waals surface area contributed by atoms with Gasteiger partial charge < -0.3 is 0 Å². The first-order valence-corrected chi connectivity index (χ1v) is 7.34. The summed E-state index contributed by atoms with van der Waals surface area (Å²) < 4.78 is 39.6. The predicted octanol–water partition coefficient (Wildman–Crippen LogP) is 4.02. The first-order valence-electron chi connectivity index (χ1n) is 6.46. The first-order chi connectivity index (χ1) is 9.71. The van der Waals surface area contributed by atoms with Gasteiger partial charge in [0.2, 0.25) is 0 Å². The minimum atomic E-state index is -4.34. The Bertz CT molecular complexity index is 709. The molecular formula is C14H15F3N2OS. The second kappa shape index (κ2) is 5.71. The highest BCUT2D eigenvalue weighted by atomic mass is 32.2. The Morgan fingerprint density at radius 2 is 1.81 bits per heavy atom. The standard InChI is InChI=1S/C14H15F3N2OS/c1-8(2)19-12(20)10-6-4-5-7-11(10)18-13(19)21-9(3)14(15,16)17/h4-9H,1-3H3/t9-/m1/s1. The van der Waals surface area contributed by atoms with Crippen LogP contribution >= 0.6 is 11.8 Å². The van der Waals surface area contributed by atoms with E-state index in [-0.39, 0.29) is 16.8 Å². The SMILES string of the molecule is CC(C)n1c(S[C@H](C)C(F)(F)F)nc2ccccc2c1=O. The van der Waals surface area contributed by atoms with Gasteiger partial charge in [0.15, 0.2) is 5.16 Å². The van der Waals surface area contributed by atoms with Crippen molar-refractivity contribution in [3.8, 4) is 0 Å². The molecule has 0 amide bonds. The Labute approximate surface area is 124 Å². The van der Waals surface area contributed by atoms with E-state index in [0.29, 0.717) is 22.7 Å². The molecular weight excluding hydrogens is 301 g/mol. The maximum absolute atomic E-state index is 12.7. The van der Waals surface area contributed by atoms with Crippen molar-refractivity contribution in [3.05, 3.63) is 34.6 Å². The Morgan fingerprint density at radius 3 is 2.38 bits per heavy atom. The Morgan fingerprint density at radius 1 is 1.19 bits per heavy atom. The van der Waals surface area contributed by atoms with Crippen LogP contribution in [-0.4, -0.2) is 21.0 Å². The fourth-order valence-corrected chi connectivity index (χ4v) is 2.90. The molecule has 21 heavy (non-hydrogen) atoms. The van der Waals surface area contributed by atoms with Gasteiger partial charge in [-0.3, -0.25) is 9.36 Å². The minimum Gasteiger partial charge on any atom is -0.285 e. The van der Waals surface area contributed by atoms with Crippen LogP contribution in [0.15, 0.2) is 34.2 Å². The van der Waals surface area contributed by atoms with E-state index >= 15 is 0 Å². The van der Waals surface area contributed by atoms with Gasteiger partial charge >= 0.3 is 6.18 Å². The van der Waals surface area contributed by atoms with Crippen LogP contribution in [0.1, 0.15) is 26.8 Å². The molecule has 0 fully saturated rings. The first kappa shape index (κ1) is 15.9. The van der Waals surface area contributed by atoms with Gasteiger partial charge in [-0.1, -0.05) is 23.9 Å². The topological polar surface area (TPSA) is 34.9 Å². The normalized spacial score (nSPS) is 13.9. The minimum absolute atomic E-state index is 0.0959. The van der Waals surface area contributed by atoms with Crippen LogP contribution in [0.2, 0.25) is 0 Å². The largest absolute Gasteiger partial charge is 0.400 e. The van der Waals surface area contributed by atoms with Gasteiger partial charge in [0.25, 0.3) is 5.56 Å². The summed E-state index contributed by atoms with van der Waals surface area (Å²) in [7, 11) is 0. The summed E-state index contributed by atoms with van der Waals surface area (Å²) in [6, 6.07) is 6.41. The van der Waals surface area contributed by atoms with Crippen molar-refractivity contribution < 1.29 is 13.2 Å². The van der Waals surface area contributed by atoms with Gasteiger partial charge in [-0.15, -0.1) is 0 Å². The van der Waals surface area contributed by atoms with Crippen LogP contribution in [0.4, 0.5) is 13.2 Å². The number of benzene rings is 1. The van der Waals surface area contributed by atoms with Crippen molar-refractivity contribution in [1.82, 2.24) is 9.55 Å². The number of thioether (sulfide) groups is 1. The van der Waals surface area contributed by atoms with Crippen LogP contribution in [0.3, 0.4) is 0 Å². The van der Waals surface area contributed by atoms with Gasteiger partial charge in [0, 0.05) is 6.04 Å². The van der Waals surface area contributed by atoms with Crippen molar-refractivity contribution in [2.75, 3.05) is 0 Å². The summed E-state index contributed by atoms with van der Waals surface area (Å²) >= 11 is 0.561. The lowest BCUT2D eigenvalue weighted by molar-refractivity contribution is -0.125. The summed E-state index contributed by atoms with van der Waals surface area (Å²) in [6.45, 7) is 4.57. The van der Waals surface area contributed by atoms with E-state index in [9.17, 15) is 18.0 Å². The number of hydrogen-bond acceptors (Lipinski definition) is 3. The van der Waals surface area contributed by atoms with E-state index < -0.39 is 11.4 Å². The zero-order chi connectivity index (χ0) is 15.8. The third-order valence-corrected chi connectivity index (χ3v) is 4.15. The number of nitrogens with zero attached hydrogens (tertiary/aromatic N) is 2. The van der Waals surface area contributed by atoms with E-state index in [1.165, 1.54) is 4.57 Å². The maximum Gasteiger partial charge on any atom is 0.400 e. The molecule has 2 rings (SSSR count). The van der Waals surface area contributed by atoms with E-state index in [2.05, 4.69) is 4.98 Å². The van der Waals surface area contributed by atoms with E-state index in [4.69, 9.17) is 0 Å². The molecule has 2 aromatic rings. The van der Waals surface area contributed by atoms with Gasteiger partial charge in [0.1, 0.15) is 5.25 Å². The summed E-state index contributed by atoms with van der Waals surface area (Å²) in [4.78, 5) is 16.7. The smallest absolute Gasteiger partial charge is 0.285 e. The van der Waals surface area contributed by atoms with Crippen molar-refractivity contribution in [3.63, 3.8) is 0 Å². The Balaban J connectivity index is 2.62. The molecule has 0 aliphatic heterocycles.